The van der Waals surface area contributed by atoms with E-state index in [2.05, 4.69) is 0 Å². The summed E-state index contributed by atoms with van der Waals surface area (Å²) in [4.78, 5) is 10.8. The molecule has 1 aromatic carbocycles. The van der Waals surface area contributed by atoms with Gasteiger partial charge in [0, 0.05) is 10.9 Å². The average molecular weight is 198 g/mol. The summed E-state index contributed by atoms with van der Waals surface area (Å²) in [5.74, 6) is -0.392. The second-order valence-corrected chi connectivity index (χ2v) is 3.57. The number of primary amides is 1. The molecule has 0 aliphatic heterocycles. The quantitative estimate of drug-likeness (QED) is 0.792. The van der Waals surface area contributed by atoms with Crippen LogP contribution < -0.4 is 5.73 Å². The average Bonchev–Trinajstić information content (AvgIpc) is 2.08. The molecule has 0 bridgehead atoms. The minimum Gasteiger partial charge on any atom is -0.369 e. The Labute approximate surface area is 82.7 Å². The van der Waals surface area contributed by atoms with Crippen molar-refractivity contribution < 1.29 is 4.79 Å². The maximum atomic E-state index is 10.8. The third-order valence-electron chi connectivity index (χ3n) is 1.94. The largest absolute Gasteiger partial charge is 0.369 e. The third kappa shape index (κ3) is 3.07. The molecule has 0 aliphatic rings. The highest BCUT2D eigenvalue weighted by Gasteiger charge is 2.08. The van der Waals surface area contributed by atoms with Gasteiger partial charge in [-0.15, -0.1) is 0 Å². The molecule has 0 saturated heterocycles. The van der Waals surface area contributed by atoms with Gasteiger partial charge in [0.05, 0.1) is 0 Å². The molecule has 0 radical (unpaired) electrons. The standard InChI is InChI=1S/C10H12ClNO/c1-7(10(12)13)6-8-2-4-9(11)5-3-8/h2-5,7H,6H2,1H3,(H2,12,13)/t7-/m0/s1. The van der Waals surface area contributed by atoms with Crippen molar-refractivity contribution in [1.29, 1.82) is 0 Å². The normalized spacial score (nSPS) is 12.5. The first-order valence-corrected chi connectivity index (χ1v) is 4.51. The summed E-state index contributed by atoms with van der Waals surface area (Å²) in [5, 5.41) is 0.704. The predicted molar refractivity (Wildman–Crippen MR) is 53.5 cm³/mol. The fourth-order valence-electron chi connectivity index (χ4n) is 1.07. The summed E-state index contributed by atoms with van der Waals surface area (Å²) in [6.07, 6.45) is 0.673. The van der Waals surface area contributed by atoms with Crippen molar-refractivity contribution in [3.63, 3.8) is 0 Å². The van der Waals surface area contributed by atoms with Gasteiger partial charge in [-0.3, -0.25) is 4.79 Å². The Hall–Kier alpha value is -1.02. The first kappa shape index (κ1) is 10.1. The zero-order valence-corrected chi connectivity index (χ0v) is 8.21. The molecule has 2 nitrogen and oxygen atoms in total. The molecule has 0 unspecified atom stereocenters. The van der Waals surface area contributed by atoms with E-state index in [4.69, 9.17) is 17.3 Å². The number of halogens is 1. The van der Waals surface area contributed by atoms with Gasteiger partial charge in [0.1, 0.15) is 0 Å². The Morgan fingerprint density at radius 3 is 2.46 bits per heavy atom. The van der Waals surface area contributed by atoms with Crippen LogP contribution in [0.3, 0.4) is 0 Å². The molecular formula is C10H12ClNO. The summed E-state index contributed by atoms with van der Waals surface area (Å²) in [5.41, 5.74) is 6.23. The third-order valence-corrected chi connectivity index (χ3v) is 2.19. The Morgan fingerprint density at radius 2 is 2.00 bits per heavy atom. The molecule has 1 aromatic rings. The van der Waals surface area contributed by atoms with E-state index in [0.717, 1.165) is 5.56 Å². The van der Waals surface area contributed by atoms with Gasteiger partial charge < -0.3 is 5.73 Å². The Balaban J connectivity index is 2.64. The van der Waals surface area contributed by atoms with Crippen molar-refractivity contribution >= 4 is 17.5 Å². The zero-order valence-electron chi connectivity index (χ0n) is 7.46. The molecule has 70 valence electrons. The summed E-state index contributed by atoms with van der Waals surface area (Å²) >= 11 is 5.72. The summed E-state index contributed by atoms with van der Waals surface area (Å²) in [6.45, 7) is 1.82. The first-order valence-electron chi connectivity index (χ1n) is 4.13. The highest BCUT2D eigenvalue weighted by atomic mass is 35.5. The lowest BCUT2D eigenvalue weighted by Gasteiger charge is -2.06. The van der Waals surface area contributed by atoms with E-state index in [1.807, 2.05) is 31.2 Å². The SMILES string of the molecule is C[C@@H](Cc1ccc(Cl)cc1)C(N)=O. The van der Waals surface area contributed by atoms with Crippen LogP contribution in [-0.2, 0) is 11.2 Å². The molecule has 3 heteroatoms. The van der Waals surface area contributed by atoms with Crippen molar-refractivity contribution in [1.82, 2.24) is 0 Å². The molecule has 0 aromatic heterocycles. The maximum absolute atomic E-state index is 10.8. The first-order chi connectivity index (χ1) is 6.09. The van der Waals surface area contributed by atoms with Crippen LogP contribution in [0.5, 0.6) is 0 Å². The van der Waals surface area contributed by atoms with Crippen LogP contribution in [-0.4, -0.2) is 5.91 Å². The molecule has 1 rings (SSSR count). The number of rotatable bonds is 3. The van der Waals surface area contributed by atoms with Crippen LogP contribution in [0, 0.1) is 5.92 Å². The predicted octanol–water partition coefficient (Wildman–Crippen LogP) is 2.00. The van der Waals surface area contributed by atoms with Gasteiger partial charge in [-0.25, -0.2) is 0 Å². The number of amides is 1. The summed E-state index contributed by atoms with van der Waals surface area (Å²) in [6, 6.07) is 7.43. The number of carbonyl (C=O) groups excluding carboxylic acids is 1. The van der Waals surface area contributed by atoms with Gasteiger partial charge in [-0.05, 0) is 24.1 Å². The minimum atomic E-state index is -0.269. The Kier molecular flexibility index (Phi) is 3.32. The monoisotopic (exact) mass is 197 g/mol. The zero-order chi connectivity index (χ0) is 9.84. The molecule has 0 aliphatic carbocycles. The van der Waals surface area contributed by atoms with E-state index >= 15 is 0 Å². The van der Waals surface area contributed by atoms with Crippen LogP contribution in [0.25, 0.3) is 0 Å². The Morgan fingerprint density at radius 1 is 1.46 bits per heavy atom. The molecule has 1 amide bonds. The number of hydrogen-bond acceptors (Lipinski definition) is 1. The van der Waals surface area contributed by atoms with E-state index in [0.29, 0.717) is 11.4 Å². The van der Waals surface area contributed by atoms with E-state index < -0.39 is 0 Å². The van der Waals surface area contributed by atoms with Gasteiger partial charge >= 0.3 is 0 Å². The molecule has 0 saturated carbocycles. The molecule has 13 heavy (non-hydrogen) atoms. The van der Waals surface area contributed by atoms with Crippen LogP contribution in [0.2, 0.25) is 5.02 Å². The van der Waals surface area contributed by atoms with Gasteiger partial charge in [0.15, 0.2) is 0 Å². The molecule has 0 fully saturated rings. The Bertz CT molecular complexity index is 294. The molecule has 1 atom stereocenters. The van der Waals surface area contributed by atoms with Crippen LogP contribution in [0.15, 0.2) is 24.3 Å². The van der Waals surface area contributed by atoms with Crippen molar-refractivity contribution in [2.75, 3.05) is 0 Å². The molecular weight excluding hydrogens is 186 g/mol. The lowest BCUT2D eigenvalue weighted by atomic mass is 10.0. The van der Waals surface area contributed by atoms with E-state index in [-0.39, 0.29) is 11.8 Å². The van der Waals surface area contributed by atoms with Crippen molar-refractivity contribution in [3.8, 4) is 0 Å². The second kappa shape index (κ2) is 4.28. The van der Waals surface area contributed by atoms with Crippen LogP contribution in [0.4, 0.5) is 0 Å². The fourth-order valence-corrected chi connectivity index (χ4v) is 1.20. The van der Waals surface area contributed by atoms with E-state index in [1.54, 1.807) is 0 Å². The maximum Gasteiger partial charge on any atom is 0.220 e. The fraction of sp³-hybridized carbons (Fsp3) is 0.300. The number of carbonyl (C=O) groups is 1. The van der Waals surface area contributed by atoms with Crippen LogP contribution in [0.1, 0.15) is 12.5 Å². The topological polar surface area (TPSA) is 43.1 Å². The molecule has 0 spiro atoms. The highest BCUT2D eigenvalue weighted by molar-refractivity contribution is 6.30. The molecule has 2 N–H and O–H groups in total. The highest BCUT2D eigenvalue weighted by Crippen LogP contribution is 2.12. The van der Waals surface area contributed by atoms with Crippen molar-refractivity contribution in [2.45, 2.75) is 13.3 Å². The van der Waals surface area contributed by atoms with Crippen molar-refractivity contribution in [2.24, 2.45) is 11.7 Å². The van der Waals surface area contributed by atoms with Crippen LogP contribution >= 0.6 is 11.6 Å². The van der Waals surface area contributed by atoms with Crippen molar-refractivity contribution in [3.05, 3.63) is 34.9 Å². The number of nitrogens with two attached hydrogens (primary N) is 1. The van der Waals surface area contributed by atoms with Gasteiger partial charge in [-0.2, -0.15) is 0 Å². The van der Waals surface area contributed by atoms with Gasteiger partial charge in [0.25, 0.3) is 0 Å². The van der Waals surface area contributed by atoms with Gasteiger partial charge in [0.2, 0.25) is 5.91 Å². The van der Waals surface area contributed by atoms with E-state index in [1.165, 1.54) is 0 Å². The number of hydrogen-bond donors (Lipinski definition) is 1. The minimum absolute atomic E-state index is 0.124. The lowest BCUT2D eigenvalue weighted by Crippen LogP contribution is -2.22. The van der Waals surface area contributed by atoms with Gasteiger partial charge in [-0.1, -0.05) is 30.7 Å². The number of benzene rings is 1. The molecule has 0 heterocycles. The summed E-state index contributed by atoms with van der Waals surface area (Å²) < 4.78 is 0. The smallest absolute Gasteiger partial charge is 0.220 e. The van der Waals surface area contributed by atoms with E-state index in [9.17, 15) is 4.79 Å². The summed E-state index contributed by atoms with van der Waals surface area (Å²) in [7, 11) is 0. The lowest BCUT2D eigenvalue weighted by molar-refractivity contribution is -0.121. The second-order valence-electron chi connectivity index (χ2n) is 3.13.